The number of halogens is 5. The smallest absolute Gasteiger partial charge is 0.408 e. The van der Waals surface area contributed by atoms with Crippen molar-refractivity contribution in [2.24, 2.45) is 5.92 Å². The second kappa shape index (κ2) is 11.3. The van der Waals surface area contributed by atoms with Crippen molar-refractivity contribution >= 4 is 17.5 Å². The summed E-state index contributed by atoms with van der Waals surface area (Å²) < 4.78 is 81.3. The number of hydrogen-bond donors (Lipinski definition) is 2. The molecule has 47 heavy (non-hydrogen) atoms. The molecule has 13 nitrogen and oxygen atoms in total. The van der Waals surface area contributed by atoms with Gasteiger partial charge in [0.1, 0.15) is 17.2 Å². The molecule has 4 aromatic heterocycles. The van der Waals surface area contributed by atoms with E-state index in [2.05, 4.69) is 35.9 Å². The SMILES string of the molecule is CCc1nnc([C@]2(Cc3cnn4cc([C@@H](NC(=O)c5nonc5C5CC5)C5CCC(F)(F)CC5)nc4c3)C[C@@H](C(F)(F)F)NC2=O)o1. The van der Waals surface area contributed by atoms with Crippen LogP contribution in [0.5, 0.6) is 0 Å². The van der Waals surface area contributed by atoms with E-state index in [4.69, 9.17) is 9.05 Å². The molecule has 250 valence electrons. The van der Waals surface area contributed by atoms with Crippen LogP contribution in [0.2, 0.25) is 0 Å². The molecule has 0 radical (unpaired) electrons. The Kier molecular flexibility index (Phi) is 7.50. The summed E-state index contributed by atoms with van der Waals surface area (Å²) in [5.74, 6) is -4.65. The minimum atomic E-state index is -4.70. The predicted molar refractivity (Wildman–Crippen MR) is 148 cm³/mol. The standard InChI is InChI=1S/C29H30F5N9O4/c1-2-20-39-40-26(46-20)27(11-18(29(32,33)34)37-25(27)45)10-14-9-19-36-17(13-43(19)35-12-14)21(16-5-7-28(30,31)8-6-16)38-24(44)23-22(15-3-4-15)41-47-42-23/h9,12-13,15-16,18,21H,2-8,10-11H2,1H3,(H,37,45)(H,38,44)/t18-,21-,27+/m0/s1. The number of carbonyl (C=O) groups is 2. The summed E-state index contributed by atoms with van der Waals surface area (Å²) in [6, 6.07) is -1.35. The average Bonchev–Trinajstić information content (AvgIpc) is 3.39. The lowest BCUT2D eigenvalue weighted by Gasteiger charge is -2.33. The van der Waals surface area contributed by atoms with E-state index in [9.17, 15) is 31.5 Å². The van der Waals surface area contributed by atoms with Crippen LogP contribution in [0.1, 0.15) is 103 Å². The maximum absolute atomic E-state index is 14.1. The Morgan fingerprint density at radius 3 is 2.60 bits per heavy atom. The fourth-order valence-corrected chi connectivity index (χ4v) is 6.53. The first-order valence-corrected chi connectivity index (χ1v) is 15.4. The summed E-state index contributed by atoms with van der Waals surface area (Å²) in [5.41, 5.74) is -0.359. The van der Waals surface area contributed by atoms with Gasteiger partial charge in [0.25, 0.3) is 5.91 Å². The van der Waals surface area contributed by atoms with Crippen molar-refractivity contribution in [3.8, 4) is 0 Å². The molecule has 2 amide bonds. The minimum absolute atomic E-state index is 0.0346. The first-order chi connectivity index (χ1) is 22.3. The summed E-state index contributed by atoms with van der Waals surface area (Å²) >= 11 is 0. The van der Waals surface area contributed by atoms with Crippen molar-refractivity contribution in [1.82, 2.24) is 45.7 Å². The van der Waals surface area contributed by atoms with Crippen LogP contribution >= 0.6 is 0 Å². The summed E-state index contributed by atoms with van der Waals surface area (Å²) in [7, 11) is 0. The molecule has 4 aromatic rings. The number of imidazole rings is 1. The molecule has 2 N–H and O–H groups in total. The van der Waals surface area contributed by atoms with Gasteiger partial charge in [0.05, 0.1) is 24.1 Å². The summed E-state index contributed by atoms with van der Waals surface area (Å²) in [6.07, 6.45) is -1.09. The van der Waals surface area contributed by atoms with Crippen molar-refractivity contribution in [1.29, 1.82) is 0 Å². The van der Waals surface area contributed by atoms with Crippen molar-refractivity contribution in [2.75, 3.05) is 0 Å². The van der Waals surface area contributed by atoms with Gasteiger partial charge in [-0.15, -0.1) is 10.2 Å². The molecular weight excluding hydrogens is 633 g/mol. The Labute approximate surface area is 263 Å². The fourth-order valence-electron chi connectivity index (χ4n) is 6.53. The zero-order valence-corrected chi connectivity index (χ0v) is 25.1. The zero-order chi connectivity index (χ0) is 33.1. The molecule has 0 spiro atoms. The maximum atomic E-state index is 14.1. The predicted octanol–water partition coefficient (Wildman–Crippen LogP) is 4.16. The first-order valence-electron chi connectivity index (χ1n) is 15.4. The lowest BCUT2D eigenvalue weighted by atomic mass is 9.79. The van der Waals surface area contributed by atoms with Gasteiger partial charge in [-0.2, -0.15) is 18.3 Å². The third-order valence-electron chi connectivity index (χ3n) is 9.30. The van der Waals surface area contributed by atoms with E-state index in [1.807, 2.05) is 5.32 Å². The number of nitrogens with zero attached hydrogens (tertiary/aromatic N) is 7. The number of rotatable bonds is 9. The average molecular weight is 664 g/mol. The molecule has 0 aromatic carbocycles. The number of aryl methyl sites for hydroxylation is 1. The second-order valence-corrected chi connectivity index (χ2v) is 12.6. The molecule has 0 bridgehead atoms. The highest BCUT2D eigenvalue weighted by molar-refractivity contribution is 5.93. The third kappa shape index (κ3) is 5.93. The molecule has 3 aliphatic rings. The van der Waals surface area contributed by atoms with Gasteiger partial charge in [-0.3, -0.25) is 9.59 Å². The summed E-state index contributed by atoms with van der Waals surface area (Å²) in [4.78, 5) is 31.3. The largest absolute Gasteiger partial charge is 0.424 e. The van der Waals surface area contributed by atoms with E-state index in [0.717, 1.165) is 12.8 Å². The molecule has 2 saturated carbocycles. The van der Waals surface area contributed by atoms with Crippen LogP contribution in [0.25, 0.3) is 5.65 Å². The number of fused-ring (bicyclic) bond motifs is 1. The molecule has 1 aliphatic heterocycles. The van der Waals surface area contributed by atoms with Crippen molar-refractivity contribution in [2.45, 2.75) is 100 Å². The molecule has 0 unspecified atom stereocenters. The van der Waals surface area contributed by atoms with Gasteiger partial charge < -0.3 is 15.1 Å². The Hall–Kier alpha value is -4.51. The van der Waals surface area contributed by atoms with Crippen LogP contribution in [-0.4, -0.2) is 65.1 Å². The quantitative estimate of drug-likeness (QED) is 0.248. The number of aromatic nitrogens is 7. The second-order valence-electron chi connectivity index (χ2n) is 12.6. The van der Waals surface area contributed by atoms with Crippen LogP contribution in [0.3, 0.4) is 0 Å². The van der Waals surface area contributed by atoms with Crippen LogP contribution in [-0.2, 0) is 23.1 Å². The van der Waals surface area contributed by atoms with E-state index in [1.54, 1.807) is 19.2 Å². The molecule has 1 saturated heterocycles. The highest BCUT2D eigenvalue weighted by atomic mass is 19.4. The van der Waals surface area contributed by atoms with Gasteiger partial charge in [0, 0.05) is 25.2 Å². The number of hydrogen-bond acceptors (Lipinski definition) is 10. The molecule has 5 heterocycles. The van der Waals surface area contributed by atoms with E-state index < -0.39 is 47.8 Å². The van der Waals surface area contributed by atoms with E-state index >= 15 is 0 Å². The topological polar surface area (TPSA) is 166 Å². The van der Waals surface area contributed by atoms with Crippen LogP contribution in [0.15, 0.2) is 27.5 Å². The zero-order valence-electron chi connectivity index (χ0n) is 25.1. The molecule has 18 heteroatoms. The number of carbonyl (C=O) groups excluding carboxylic acids is 2. The fraction of sp³-hybridized carbons (Fsp3) is 0.586. The van der Waals surface area contributed by atoms with Gasteiger partial charge in [-0.1, -0.05) is 12.1 Å². The van der Waals surface area contributed by atoms with Gasteiger partial charge in [-0.05, 0) is 61.2 Å². The number of amides is 2. The van der Waals surface area contributed by atoms with E-state index in [1.165, 1.54) is 10.7 Å². The minimum Gasteiger partial charge on any atom is -0.424 e. The third-order valence-corrected chi connectivity index (χ3v) is 9.30. The summed E-state index contributed by atoms with van der Waals surface area (Å²) in [6.45, 7) is 1.73. The van der Waals surface area contributed by atoms with Crippen molar-refractivity contribution in [3.63, 3.8) is 0 Å². The lowest BCUT2D eigenvalue weighted by Crippen LogP contribution is -2.40. The normalized spacial score (nSPS) is 24.0. The van der Waals surface area contributed by atoms with Gasteiger partial charge >= 0.3 is 6.18 Å². The Morgan fingerprint density at radius 2 is 1.94 bits per heavy atom. The van der Waals surface area contributed by atoms with Crippen LogP contribution < -0.4 is 10.6 Å². The van der Waals surface area contributed by atoms with Gasteiger partial charge in [0.15, 0.2) is 11.3 Å². The lowest BCUT2D eigenvalue weighted by molar-refractivity contribution is -0.155. The summed E-state index contributed by atoms with van der Waals surface area (Å²) in [5, 5.41) is 24.8. The molecular formula is C29H30F5N9O4. The Bertz CT molecular complexity index is 1810. The van der Waals surface area contributed by atoms with Crippen molar-refractivity contribution in [3.05, 3.63) is 52.9 Å². The maximum Gasteiger partial charge on any atom is 0.408 e. The molecule has 7 rings (SSSR count). The van der Waals surface area contributed by atoms with Crippen LogP contribution in [0.4, 0.5) is 22.0 Å². The molecule has 2 aliphatic carbocycles. The van der Waals surface area contributed by atoms with E-state index in [0.29, 0.717) is 23.4 Å². The van der Waals surface area contributed by atoms with Crippen molar-refractivity contribution < 1.29 is 40.6 Å². The van der Waals surface area contributed by atoms with Crippen LogP contribution in [0, 0.1) is 5.92 Å². The number of alkyl halides is 5. The Morgan fingerprint density at radius 1 is 1.17 bits per heavy atom. The Balaban J connectivity index is 1.20. The monoisotopic (exact) mass is 663 g/mol. The highest BCUT2D eigenvalue weighted by Crippen LogP contribution is 2.44. The van der Waals surface area contributed by atoms with E-state index in [-0.39, 0.29) is 67.1 Å². The molecule has 3 atom stereocenters. The number of nitrogens with one attached hydrogen (secondary N) is 2. The highest BCUT2D eigenvalue weighted by Gasteiger charge is 2.59. The van der Waals surface area contributed by atoms with Gasteiger partial charge in [-0.25, -0.2) is 22.9 Å². The first kappa shape index (κ1) is 31.1. The van der Waals surface area contributed by atoms with Gasteiger partial charge in [0.2, 0.25) is 23.6 Å². The molecule has 3 fully saturated rings.